The number of benzene rings is 2. The molecule has 3 aromatic rings. The van der Waals surface area contributed by atoms with E-state index in [2.05, 4.69) is 32.6 Å². The Morgan fingerprint density at radius 3 is 2.69 bits per heavy atom. The van der Waals surface area contributed by atoms with Gasteiger partial charge in [-0.05, 0) is 42.2 Å². The molecule has 2 atom stereocenters. The number of hydrogen-bond acceptors (Lipinski definition) is 4. The molecule has 2 N–H and O–H groups in total. The SMILES string of the molecule is COc1ccc(-c2n[nH]c(CNC(=O)[C@H]3C[C@H]3c3ccccc3)n2)cc1. The standard InChI is InChI=1S/C20H20N4O2/c1-26-15-9-7-14(8-10-15)19-22-18(23-24-19)12-21-20(25)17-11-16(17)13-5-3-2-4-6-13/h2-10,16-17H,11-12H2,1H3,(H,21,25)(H,22,23,24)/t16-,17-/m0/s1. The van der Waals surface area contributed by atoms with E-state index in [4.69, 9.17) is 4.74 Å². The van der Waals surface area contributed by atoms with Gasteiger partial charge in [-0.15, -0.1) is 0 Å². The monoisotopic (exact) mass is 348 g/mol. The summed E-state index contributed by atoms with van der Waals surface area (Å²) in [4.78, 5) is 16.8. The molecule has 0 unspecified atom stereocenters. The maximum Gasteiger partial charge on any atom is 0.224 e. The number of hydrogen-bond donors (Lipinski definition) is 2. The maximum atomic E-state index is 12.3. The fraction of sp³-hybridized carbons (Fsp3) is 0.250. The molecule has 132 valence electrons. The van der Waals surface area contributed by atoms with Crippen molar-refractivity contribution < 1.29 is 9.53 Å². The Morgan fingerprint density at radius 1 is 1.19 bits per heavy atom. The van der Waals surface area contributed by atoms with Gasteiger partial charge in [-0.3, -0.25) is 9.89 Å². The molecule has 2 aromatic carbocycles. The number of nitrogens with one attached hydrogen (secondary N) is 2. The lowest BCUT2D eigenvalue weighted by Gasteiger charge is -2.03. The van der Waals surface area contributed by atoms with Gasteiger partial charge in [0.2, 0.25) is 5.91 Å². The lowest BCUT2D eigenvalue weighted by Crippen LogP contribution is -2.25. The van der Waals surface area contributed by atoms with Gasteiger partial charge >= 0.3 is 0 Å². The second-order valence-corrected chi connectivity index (χ2v) is 6.41. The number of carbonyl (C=O) groups is 1. The number of H-pyrrole nitrogens is 1. The van der Waals surface area contributed by atoms with E-state index in [-0.39, 0.29) is 11.8 Å². The van der Waals surface area contributed by atoms with E-state index < -0.39 is 0 Å². The predicted octanol–water partition coefficient (Wildman–Crippen LogP) is 2.90. The molecular weight excluding hydrogens is 328 g/mol. The van der Waals surface area contributed by atoms with E-state index in [0.29, 0.717) is 24.1 Å². The number of aromatic nitrogens is 3. The summed E-state index contributed by atoms with van der Waals surface area (Å²) in [6.07, 6.45) is 0.906. The minimum absolute atomic E-state index is 0.0568. The lowest BCUT2D eigenvalue weighted by molar-refractivity contribution is -0.122. The van der Waals surface area contributed by atoms with E-state index in [9.17, 15) is 4.79 Å². The van der Waals surface area contributed by atoms with Gasteiger partial charge < -0.3 is 10.1 Å². The Morgan fingerprint density at radius 2 is 1.96 bits per heavy atom. The summed E-state index contributed by atoms with van der Waals surface area (Å²) in [6.45, 7) is 0.347. The first-order valence-corrected chi connectivity index (χ1v) is 8.63. The molecule has 1 amide bonds. The zero-order valence-corrected chi connectivity index (χ0v) is 14.5. The van der Waals surface area contributed by atoms with E-state index in [1.54, 1.807) is 7.11 Å². The van der Waals surface area contributed by atoms with Crippen LogP contribution in [0.15, 0.2) is 54.6 Å². The average Bonchev–Trinajstić information content (AvgIpc) is 3.37. The minimum atomic E-state index is 0.0568. The first kappa shape index (κ1) is 16.3. The molecule has 0 radical (unpaired) electrons. The van der Waals surface area contributed by atoms with Crippen molar-refractivity contribution in [2.45, 2.75) is 18.9 Å². The molecule has 1 aliphatic rings. The average molecular weight is 348 g/mol. The number of methoxy groups -OCH3 is 1. The molecule has 1 heterocycles. The van der Waals surface area contributed by atoms with Crippen LogP contribution in [0.5, 0.6) is 5.75 Å². The van der Waals surface area contributed by atoms with Gasteiger partial charge in [0.25, 0.3) is 0 Å². The summed E-state index contributed by atoms with van der Waals surface area (Å²) in [6, 6.07) is 17.7. The number of nitrogens with zero attached hydrogens (tertiary/aromatic N) is 2. The van der Waals surface area contributed by atoms with Gasteiger partial charge in [0.15, 0.2) is 5.82 Å². The van der Waals surface area contributed by atoms with Crippen molar-refractivity contribution in [3.05, 3.63) is 66.0 Å². The van der Waals surface area contributed by atoms with Crippen LogP contribution in [0.2, 0.25) is 0 Å². The van der Waals surface area contributed by atoms with Crippen molar-refractivity contribution in [1.82, 2.24) is 20.5 Å². The zero-order chi connectivity index (χ0) is 17.9. The number of rotatable bonds is 6. The number of amides is 1. The summed E-state index contributed by atoms with van der Waals surface area (Å²) < 4.78 is 5.15. The fourth-order valence-corrected chi connectivity index (χ4v) is 3.10. The minimum Gasteiger partial charge on any atom is -0.497 e. The Labute approximate surface area is 151 Å². The molecule has 0 aliphatic heterocycles. The zero-order valence-electron chi connectivity index (χ0n) is 14.5. The van der Waals surface area contributed by atoms with Crippen molar-refractivity contribution in [3.8, 4) is 17.1 Å². The first-order valence-electron chi connectivity index (χ1n) is 8.63. The van der Waals surface area contributed by atoms with Crippen molar-refractivity contribution in [2.24, 2.45) is 5.92 Å². The highest BCUT2D eigenvalue weighted by Gasteiger charge is 2.43. The predicted molar refractivity (Wildman–Crippen MR) is 97.5 cm³/mol. The van der Waals surface area contributed by atoms with Gasteiger partial charge in [0.1, 0.15) is 11.6 Å². The highest BCUT2D eigenvalue weighted by molar-refractivity contribution is 5.82. The molecule has 0 saturated heterocycles. The molecule has 0 spiro atoms. The maximum absolute atomic E-state index is 12.3. The van der Waals surface area contributed by atoms with E-state index in [1.165, 1.54) is 5.56 Å². The number of carbonyl (C=O) groups excluding carboxylic acids is 1. The topological polar surface area (TPSA) is 79.9 Å². The first-order chi connectivity index (χ1) is 12.7. The van der Waals surface area contributed by atoms with Crippen LogP contribution < -0.4 is 10.1 Å². The van der Waals surface area contributed by atoms with Crippen LogP contribution in [0.4, 0.5) is 0 Å². The van der Waals surface area contributed by atoms with Gasteiger partial charge in [-0.25, -0.2) is 4.98 Å². The third kappa shape index (κ3) is 3.44. The van der Waals surface area contributed by atoms with Crippen LogP contribution in [-0.4, -0.2) is 28.2 Å². The van der Waals surface area contributed by atoms with Gasteiger partial charge in [-0.2, -0.15) is 5.10 Å². The smallest absolute Gasteiger partial charge is 0.224 e. The van der Waals surface area contributed by atoms with Crippen molar-refractivity contribution in [3.63, 3.8) is 0 Å². The molecule has 6 heteroatoms. The van der Waals surface area contributed by atoms with E-state index in [0.717, 1.165) is 17.7 Å². The molecule has 1 fully saturated rings. The van der Waals surface area contributed by atoms with E-state index >= 15 is 0 Å². The van der Waals surface area contributed by atoms with Crippen molar-refractivity contribution in [1.29, 1.82) is 0 Å². The molecule has 1 aliphatic carbocycles. The van der Waals surface area contributed by atoms with Crippen LogP contribution >= 0.6 is 0 Å². The van der Waals surface area contributed by atoms with Crippen LogP contribution in [0.1, 0.15) is 23.7 Å². The normalized spacial score (nSPS) is 18.3. The molecule has 0 bridgehead atoms. The summed E-state index contributed by atoms with van der Waals surface area (Å²) in [7, 11) is 1.63. The third-order valence-corrected chi connectivity index (χ3v) is 4.66. The van der Waals surface area contributed by atoms with Crippen molar-refractivity contribution >= 4 is 5.91 Å². The van der Waals surface area contributed by atoms with Crippen LogP contribution in [0.3, 0.4) is 0 Å². The molecule has 26 heavy (non-hydrogen) atoms. The quantitative estimate of drug-likeness (QED) is 0.718. The molecule has 1 saturated carbocycles. The van der Waals surface area contributed by atoms with Crippen LogP contribution in [-0.2, 0) is 11.3 Å². The third-order valence-electron chi connectivity index (χ3n) is 4.66. The van der Waals surface area contributed by atoms with E-state index in [1.807, 2.05) is 42.5 Å². The highest BCUT2D eigenvalue weighted by Crippen LogP contribution is 2.47. The molecule has 6 nitrogen and oxygen atoms in total. The molecular formula is C20H20N4O2. The van der Waals surface area contributed by atoms with Crippen molar-refractivity contribution in [2.75, 3.05) is 7.11 Å². The van der Waals surface area contributed by atoms with Gasteiger partial charge in [0.05, 0.1) is 13.7 Å². The van der Waals surface area contributed by atoms with Crippen LogP contribution in [0.25, 0.3) is 11.4 Å². The Kier molecular flexibility index (Phi) is 4.39. The second-order valence-electron chi connectivity index (χ2n) is 6.41. The lowest BCUT2D eigenvalue weighted by atomic mass is 10.1. The second kappa shape index (κ2) is 7.00. The number of ether oxygens (including phenoxy) is 1. The largest absolute Gasteiger partial charge is 0.497 e. The Bertz CT molecular complexity index is 890. The van der Waals surface area contributed by atoms with Gasteiger partial charge in [0, 0.05) is 11.5 Å². The summed E-state index contributed by atoms with van der Waals surface area (Å²) in [5, 5.41) is 10.0. The summed E-state index contributed by atoms with van der Waals surface area (Å²) in [5.74, 6) is 2.49. The Hall–Kier alpha value is -3.15. The van der Waals surface area contributed by atoms with Gasteiger partial charge in [-0.1, -0.05) is 30.3 Å². The highest BCUT2D eigenvalue weighted by atomic mass is 16.5. The molecule has 4 rings (SSSR count). The van der Waals surface area contributed by atoms with Crippen LogP contribution in [0, 0.1) is 5.92 Å². The molecule has 1 aromatic heterocycles. The summed E-state index contributed by atoms with van der Waals surface area (Å²) >= 11 is 0. The fourth-order valence-electron chi connectivity index (χ4n) is 3.10. The Balaban J connectivity index is 1.33. The number of aromatic amines is 1. The summed E-state index contributed by atoms with van der Waals surface area (Å²) in [5.41, 5.74) is 2.13.